The number of nitrogens with one attached hydrogen (secondary N) is 1. The van der Waals surface area contributed by atoms with Crippen molar-refractivity contribution in [1.82, 2.24) is 20.0 Å². The minimum atomic E-state index is -0.250. The van der Waals surface area contributed by atoms with Crippen molar-refractivity contribution >= 4 is 19.0 Å². The number of rotatable bonds is 6. The number of piperazine rings is 1. The zero-order chi connectivity index (χ0) is 22.9. The lowest BCUT2D eigenvalue weighted by atomic mass is 10.1. The molecule has 2 fully saturated rings. The van der Waals surface area contributed by atoms with Crippen molar-refractivity contribution in [3.8, 4) is 0 Å². The summed E-state index contributed by atoms with van der Waals surface area (Å²) in [6.45, 7) is 9.70. The molecule has 9 heteroatoms. The van der Waals surface area contributed by atoms with Crippen LogP contribution >= 0.6 is 0 Å². The SMILES string of the molecule is CCCN1CCC(NC(=O)N2CCN(CCc3ccccc3)CC2)C1.O=CO.O=CO. The first-order valence-electron chi connectivity index (χ1n) is 10.8. The molecule has 9 nitrogen and oxygen atoms in total. The van der Waals surface area contributed by atoms with Crippen molar-refractivity contribution in [2.75, 3.05) is 52.4 Å². The largest absolute Gasteiger partial charge is 0.483 e. The van der Waals surface area contributed by atoms with E-state index in [1.54, 1.807) is 0 Å². The average Bonchev–Trinajstić information content (AvgIpc) is 3.21. The van der Waals surface area contributed by atoms with Gasteiger partial charge in [-0.1, -0.05) is 37.3 Å². The Bertz CT molecular complexity index is 618. The Labute approximate surface area is 184 Å². The van der Waals surface area contributed by atoms with Crippen LogP contribution in [0.25, 0.3) is 0 Å². The number of carbonyl (C=O) groups is 3. The van der Waals surface area contributed by atoms with Gasteiger partial charge in [0.2, 0.25) is 0 Å². The second-order valence-electron chi connectivity index (χ2n) is 7.51. The predicted octanol–water partition coefficient (Wildman–Crippen LogP) is 1.44. The molecular formula is C22H36N4O5. The van der Waals surface area contributed by atoms with E-state index < -0.39 is 0 Å². The summed E-state index contributed by atoms with van der Waals surface area (Å²) in [6.07, 6.45) is 3.36. The fourth-order valence-electron chi connectivity index (χ4n) is 3.84. The summed E-state index contributed by atoms with van der Waals surface area (Å²) in [5.41, 5.74) is 1.39. The molecule has 31 heavy (non-hydrogen) atoms. The molecule has 0 aromatic heterocycles. The lowest BCUT2D eigenvalue weighted by Crippen LogP contribution is -2.54. The molecule has 1 unspecified atom stereocenters. The van der Waals surface area contributed by atoms with Gasteiger partial charge in [0.15, 0.2) is 0 Å². The van der Waals surface area contributed by atoms with Gasteiger partial charge in [0.05, 0.1) is 0 Å². The Morgan fingerprint density at radius 3 is 2.19 bits per heavy atom. The number of benzene rings is 1. The highest BCUT2D eigenvalue weighted by atomic mass is 16.3. The van der Waals surface area contributed by atoms with Crippen LogP contribution in [0.3, 0.4) is 0 Å². The molecule has 2 aliphatic heterocycles. The number of carboxylic acid groups (broad SMARTS) is 2. The Kier molecular flexibility index (Phi) is 13.7. The van der Waals surface area contributed by atoms with Gasteiger partial charge in [-0.2, -0.15) is 0 Å². The summed E-state index contributed by atoms with van der Waals surface area (Å²) in [5.74, 6) is 0. The maximum Gasteiger partial charge on any atom is 0.317 e. The summed E-state index contributed by atoms with van der Waals surface area (Å²) in [6, 6.07) is 11.1. The molecule has 0 spiro atoms. The highest BCUT2D eigenvalue weighted by Crippen LogP contribution is 2.11. The number of urea groups is 1. The van der Waals surface area contributed by atoms with Crippen LogP contribution in [-0.4, -0.2) is 102 Å². The highest BCUT2D eigenvalue weighted by molar-refractivity contribution is 5.74. The van der Waals surface area contributed by atoms with Gasteiger partial charge in [0.1, 0.15) is 0 Å². The van der Waals surface area contributed by atoms with Crippen LogP contribution in [-0.2, 0) is 16.0 Å². The van der Waals surface area contributed by atoms with Crippen molar-refractivity contribution in [3.63, 3.8) is 0 Å². The molecular weight excluding hydrogens is 400 g/mol. The van der Waals surface area contributed by atoms with E-state index in [1.165, 1.54) is 12.0 Å². The van der Waals surface area contributed by atoms with Crippen LogP contribution in [0.4, 0.5) is 4.79 Å². The number of amides is 2. The lowest BCUT2D eigenvalue weighted by molar-refractivity contribution is -0.123. The number of nitrogens with zero attached hydrogens (tertiary/aromatic N) is 3. The van der Waals surface area contributed by atoms with Crippen molar-refractivity contribution in [1.29, 1.82) is 0 Å². The maximum absolute atomic E-state index is 12.5. The number of hydrogen-bond donors (Lipinski definition) is 3. The fraction of sp³-hybridized carbons (Fsp3) is 0.591. The number of likely N-dealkylation sites (tertiary alicyclic amines) is 1. The maximum atomic E-state index is 12.5. The molecule has 2 saturated heterocycles. The van der Waals surface area contributed by atoms with Crippen LogP contribution < -0.4 is 5.32 Å². The van der Waals surface area contributed by atoms with E-state index in [0.29, 0.717) is 6.04 Å². The topological polar surface area (TPSA) is 113 Å². The van der Waals surface area contributed by atoms with Crippen molar-refractivity contribution < 1.29 is 24.6 Å². The zero-order valence-electron chi connectivity index (χ0n) is 18.4. The van der Waals surface area contributed by atoms with Crippen LogP contribution in [0.1, 0.15) is 25.3 Å². The lowest BCUT2D eigenvalue weighted by Gasteiger charge is -2.35. The molecule has 0 saturated carbocycles. The molecule has 1 atom stereocenters. The fourth-order valence-corrected chi connectivity index (χ4v) is 3.84. The van der Waals surface area contributed by atoms with Gasteiger partial charge >= 0.3 is 6.03 Å². The van der Waals surface area contributed by atoms with Crippen molar-refractivity contribution in [3.05, 3.63) is 35.9 Å². The molecule has 2 amide bonds. The molecule has 1 aromatic carbocycles. The van der Waals surface area contributed by atoms with Gasteiger partial charge in [-0.3, -0.25) is 14.5 Å². The van der Waals surface area contributed by atoms with Gasteiger partial charge < -0.3 is 25.3 Å². The molecule has 0 bridgehead atoms. The molecule has 2 aliphatic rings. The smallest absolute Gasteiger partial charge is 0.317 e. The first-order chi connectivity index (χ1) is 15.1. The summed E-state index contributed by atoms with van der Waals surface area (Å²) < 4.78 is 0. The van der Waals surface area contributed by atoms with E-state index in [4.69, 9.17) is 19.8 Å². The molecule has 3 rings (SSSR count). The van der Waals surface area contributed by atoms with Gasteiger partial charge in [0, 0.05) is 51.9 Å². The van der Waals surface area contributed by atoms with E-state index in [-0.39, 0.29) is 19.0 Å². The van der Waals surface area contributed by atoms with Gasteiger partial charge in [-0.15, -0.1) is 0 Å². The Balaban J connectivity index is 0.000000720. The Hall–Kier alpha value is -2.65. The quantitative estimate of drug-likeness (QED) is 0.578. The summed E-state index contributed by atoms with van der Waals surface area (Å²) in [5, 5.41) is 17.0. The number of hydrogen-bond acceptors (Lipinski definition) is 5. The van der Waals surface area contributed by atoms with Gasteiger partial charge in [0.25, 0.3) is 12.9 Å². The standard InChI is InChI=1S/C20H32N4O.2CH2O2/c1-2-10-23-12-9-19(17-23)21-20(25)24-15-13-22(14-16-24)11-8-18-6-4-3-5-7-18;2*2-1-3/h3-7,19H,2,8-17H2,1H3,(H,21,25);2*1H,(H,2,3). The molecule has 3 N–H and O–H groups in total. The first-order valence-corrected chi connectivity index (χ1v) is 10.8. The summed E-state index contributed by atoms with van der Waals surface area (Å²) >= 11 is 0. The van der Waals surface area contributed by atoms with E-state index >= 15 is 0 Å². The predicted molar refractivity (Wildman–Crippen MR) is 119 cm³/mol. The van der Waals surface area contributed by atoms with Crippen molar-refractivity contribution in [2.24, 2.45) is 0 Å². The van der Waals surface area contributed by atoms with Crippen LogP contribution in [0.2, 0.25) is 0 Å². The third-order valence-electron chi connectivity index (χ3n) is 5.36. The van der Waals surface area contributed by atoms with Gasteiger partial charge in [-0.05, 0) is 31.4 Å². The monoisotopic (exact) mass is 436 g/mol. The minimum absolute atomic E-state index is 0.131. The molecule has 174 valence electrons. The van der Waals surface area contributed by atoms with E-state index in [1.807, 2.05) is 4.90 Å². The van der Waals surface area contributed by atoms with E-state index in [2.05, 4.69) is 52.4 Å². The normalized spacial score (nSPS) is 18.7. The Morgan fingerprint density at radius 2 is 1.61 bits per heavy atom. The summed E-state index contributed by atoms with van der Waals surface area (Å²) in [7, 11) is 0. The van der Waals surface area contributed by atoms with Gasteiger partial charge in [-0.25, -0.2) is 4.79 Å². The zero-order valence-corrected chi connectivity index (χ0v) is 18.4. The third kappa shape index (κ3) is 10.8. The van der Waals surface area contributed by atoms with Crippen LogP contribution in [0.5, 0.6) is 0 Å². The van der Waals surface area contributed by atoms with Crippen LogP contribution in [0.15, 0.2) is 30.3 Å². The second kappa shape index (κ2) is 16.1. The minimum Gasteiger partial charge on any atom is -0.483 e. The van der Waals surface area contributed by atoms with E-state index in [9.17, 15) is 4.79 Å². The first kappa shape index (κ1) is 26.4. The second-order valence-corrected chi connectivity index (χ2v) is 7.51. The molecule has 0 radical (unpaired) electrons. The summed E-state index contributed by atoms with van der Waals surface area (Å²) in [4.78, 5) is 36.1. The van der Waals surface area contributed by atoms with E-state index in [0.717, 1.165) is 65.2 Å². The number of carbonyl (C=O) groups excluding carboxylic acids is 1. The molecule has 2 heterocycles. The highest BCUT2D eigenvalue weighted by Gasteiger charge is 2.26. The average molecular weight is 437 g/mol. The Morgan fingerprint density at radius 1 is 1.00 bits per heavy atom. The third-order valence-corrected chi connectivity index (χ3v) is 5.36. The van der Waals surface area contributed by atoms with Crippen molar-refractivity contribution in [2.45, 2.75) is 32.2 Å². The van der Waals surface area contributed by atoms with Crippen LogP contribution in [0, 0.1) is 0 Å². The molecule has 1 aromatic rings. The molecule has 0 aliphatic carbocycles.